The van der Waals surface area contributed by atoms with E-state index in [1.54, 1.807) is 6.92 Å². The summed E-state index contributed by atoms with van der Waals surface area (Å²) >= 11 is 0. The highest BCUT2D eigenvalue weighted by Gasteiger charge is 2.34. The molecule has 0 aromatic carbocycles. The van der Waals surface area contributed by atoms with Crippen LogP contribution in [0.5, 0.6) is 5.88 Å². The first-order chi connectivity index (χ1) is 9.36. The van der Waals surface area contributed by atoms with E-state index in [-0.39, 0.29) is 18.4 Å². The van der Waals surface area contributed by atoms with Gasteiger partial charge in [0.25, 0.3) is 0 Å². The van der Waals surface area contributed by atoms with E-state index >= 15 is 0 Å². The predicted octanol–water partition coefficient (Wildman–Crippen LogP) is 2.73. The number of ether oxygens (including phenoxy) is 2. The molecular weight excluding hydrogens is 275 g/mol. The van der Waals surface area contributed by atoms with Gasteiger partial charge in [0.15, 0.2) is 5.69 Å². The molecule has 1 aromatic rings. The third-order valence-electron chi connectivity index (χ3n) is 2.25. The van der Waals surface area contributed by atoms with Crippen LogP contribution in [0.3, 0.4) is 0 Å². The van der Waals surface area contributed by atoms with Crippen molar-refractivity contribution in [2.75, 3.05) is 25.6 Å². The van der Waals surface area contributed by atoms with Crippen LogP contribution in [0.2, 0.25) is 0 Å². The average Bonchev–Trinajstić information content (AvgIpc) is 2.35. The second kappa shape index (κ2) is 7.28. The fourth-order valence-corrected chi connectivity index (χ4v) is 1.42. The van der Waals surface area contributed by atoms with Crippen molar-refractivity contribution in [1.29, 1.82) is 0 Å². The van der Waals surface area contributed by atoms with Gasteiger partial charge in [-0.3, -0.25) is 0 Å². The first-order valence-corrected chi connectivity index (χ1v) is 6.22. The lowest BCUT2D eigenvalue weighted by molar-refractivity contribution is -0.141. The minimum absolute atomic E-state index is 0.0960. The van der Waals surface area contributed by atoms with Gasteiger partial charge >= 0.3 is 6.18 Å². The Bertz CT molecular complexity index is 427. The van der Waals surface area contributed by atoms with Gasteiger partial charge in [0.2, 0.25) is 11.8 Å². The number of alkyl halides is 3. The number of hydrogen-bond acceptors (Lipinski definition) is 5. The molecule has 1 unspecified atom stereocenters. The minimum Gasteiger partial charge on any atom is -0.472 e. The first kappa shape index (κ1) is 16.5. The zero-order valence-electron chi connectivity index (χ0n) is 11.6. The summed E-state index contributed by atoms with van der Waals surface area (Å²) in [6.07, 6.45) is -4.21. The lowest BCUT2D eigenvalue weighted by Crippen LogP contribution is -2.20. The molecule has 1 N–H and O–H groups in total. The molecule has 1 rings (SSSR count). The molecule has 0 saturated carbocycles. The summed E-state index contributed by atoms with van der Waals surface area (Å²) in [5.74, 6) is -0.225. The maximum atomic E-state index is 12.8. The molecule has 0 saturated heterocycles. The third-order valence-corrected chi connectivity index (χ3v) is 2.25. The summed E-state index contributed by atoms with van der Waals surface area (Å²) in [5, 5.41) is 2.72. The molecule has 0 amide bonds. The van der Waals surface area contributed by atoms with Crippen LogP contribution < -0.4 is 10.1 Å². The standard InChI is InChI=1S/C12H18F3N3O2/c1-4-5-16-11-17-9(12(13,14)15)6-10(18-11)20-8(2)7-19-3/h6,8H,4-5,7H2,1-3H3,(H,16,17,18). The Morgan fingerprint density at radius 3 is 2.60 bits per heavy atom. The van der Waals surface area contributed by atoms with Crippen LogP contribution in [0.25, 0.3) is 0 Å². The highest BCUT2D eigenvalue weighted by atomic mass is 19.4. The number of rotatable bonds is 7. The van der Waals surface area contributed by atoms with E-state index in [1.807, 2.05) is 6.92 Å². The molecule has 0 fully saturated rings. The van der Waals surface area contributed by atoms with Crippen LogP contribution in [-0.2, 0) is 10.9 Å². The molecule has 0 aliphatic rings. The fourth-order valence-electron chi connectivity index (χ4n) is 1.42. The lowest BCUT2D eigenvalue weighted by atomic mass is 10.4. The normalized spacial score (nSPS) is 13.1. The smallest absolute Gasteiger partial charge is 0.433 e. The summed E-state index contributed by atoms with van der Waals surface area (Å²) in [6, 6.07) is 0.781. The molecule has 0 radical (unpaired) electrons. The summed E-state index contributed by atoms with van der Waals surface area (Å²) in [6.45, 7) is 4.30. The number of halogens is 3. The van der Waals surface area contributed by atoms with Gasteiger partial charge in [0.05, 0.1) is 6.61 Å². The molecule has 0 spiro atoms. The topological polar surface area (TPSA) is 56.3 Å². The van der Waals surface area contributed by atoms with E-state index in [4.69, 9.17) is 9.47 Å². The molecule has 0 aliphatic heterocycles. The zero-order chi connectivity index (χ0) is 15.2. The van der Waals surface area contributed by atoms with Crippen LogP contribution in [0.15, 0.2) is 6.07 Å². The number of hydrogen-bond donors (Lipinski definition) is 1. The zero-order valence-corrected chi connectivity index (χ0v) is 11.6. The quantitative estimate of drug-likeness (QED) is 0.837. The SMILES string of the molecule is CCCNc1nc(OC(C)COC)cc(C(F)(F)F)n1. The Hall–Kier alpha value is -1.57. The molecule has 20 heavy (non-hydrogen) atoms. The van der Waals surface area contributed by atoms with Crippen LogP contribution in [0.1, 0.15) is 26.0 Å². The Labute approximate surface area is 115 Å². The van der Waals surface area contributed by atoms with E-state index in [0.29, 0.717) is 6.54 Å². The second-order valence-corrected chi connectivity index (χ2v) is 4.22. The minimum atomic E-state index is -4.55. The molecule has 114 valence electrons. The Morgan fingerprint density at radius 2 is 2.05 bits per heavy atom. The van der Waals surface area contributed by atoms with Gasteiger partial charge in [-0.05, 0) is 13.3 Å². The Kier molecular flexibility index (Phi) is 6.00. The summed E-state index contributed by atoms with van der Waals surface area (Å²) in [5.41, 5.74) is -1.04. The van der Waals surface area contributed by atoms with Crippen molar-refractivity contribution in [2.24, 2.45) is 0 Å². The van der Waals surface area contributed by atoms with E-state index in [9.17, 15) is 13.2 Å². The third kappa shape index (κ3) is 5.20. The maximum Gasteiger partial charge on any atom is 0.433 e. The van der Waals surface area contributed by atoms with Crippen LogP contribution in [0, 0.1) is 0 Å². The van der Waals surface area contributed by atoms with Crippen molar-refractivity contribution in [3.8, 4) is 5.88 Å². The Morgan fingerprint density at radius 1 is 1.35 bits per heavy atom. The van der Waals surface area contributed by atoms with Crippen molar-refractivity contribution in [3.05, 3.63) is 11.8 Å². The molecule has 0 bridgehead atoms. The second-order valence-electron chi connectivity index (χ2n) is 4.22. The van der Waals surface area contributed by atoms with Gasteiger partial charge in [-0.2, -0.15) is 18.2 Å². The maximum absolute atomic E-state index is 12.8. The molecule has 5 nitrogen and oxygen atoms in total. The van der Waals surface area contributed by atoms with E-state index in [2.05, 4.69) is 15.3 Å². The van der Waals surface area contributed by atoms with Crippen molar-refractivity contribution in [1.82, 2.24) is 9.97 Å². The molecule has 8 heteroatoms. The van der Waals surface area contributed by atoms with Gasteiger partial charge in [-0.15, -0.1) is 0 Å². The van der Waals surface area contributed by atoms with Crippen molar-refractivity contribution in [2.45, 2.75) is 32.5 Å². The first-order valence-electron chi connectivity index (χ1n) is 6.22. The van der Waals surface area contributed by atoms with Crippen molar-refractivity contribution in [3.63, 3.8) is 0 Å². The molecule has 0 aliphatic carbocycles. The molecule has 1 atom stereocenters. The highest BCUT2D eigenvalue weighted by Crippen LogP contribution is 2.30. The van der Waals surface area contributed by atoms with Gasteiger partial charge in [0, 0.05) is 19.7 Å². The largest absolute Gasteiger partial charge is 0.472 e. The van der Waals surface area contributed by atoms with Crippen molar-refractivity contribution >= 4 is 5.95 Å². The molecule has 1 aromatic heterocycles. The summed E-state index contributed by atoms with van der Waals surface area (Å²) < 4.78 is 48.4. The van der Waals surface area contributed by atoms with Gasteiger partial charge in [-0.1, -0.05) is 6.92 Å². The summed E-state index contributed by atoms with van der Waals surface area (Å²) in [7, 11) is 1.48. The number of nitrogens with zero attached hydrogens (tertiary/aromatic N) is 2. The summed E-state index contributed by atoms with van der Waals surface area (Å²) in [4.78, 5) is 7.34. The number of anilines is 1. The van der Waals surface area contributed by atoms with Crippen molar-refractivity contribution < 1.29 is 22.6 Å². The number of methoxy groups -OCH3 is 1. The number of aromatic nitrogens is 2. The molecular formula is C12H18F3N3O2. The van der Waals surface area contributed by atoms with Crippen LogP contribution in [-0.4, -0.2) is 36.3 Å². The number of nitrogens with one attached hydrogen (secondary N) is 1. The van der Waals surface area contributed by atoms with E-state index < -0.39 is 18.0 Å². The lowest BCUT2D eigenvalue weighted by Gasteiger charge is -2.15. The predicted molar refractivity (Wildman–Crippen MR) is 67.8 cm³/mol. The monoisotopic (exact) mass is 293 g/mol. The Balaban J connectivity index is 2.97. The molecule has 1 heterocycles. The van der Waals surface area contributed by atoms with E-state index in [1.165, 1.54) is 7.11 Å². The van der Waals surface area contributed by atoms with E-state index in [0.717, 1.165) is 12.5 Å². The van der Waals surface area contributed by atoms with Gasteiger partial charge in [-0.25, -0.2) is 4.98 Å². The fraction of sp³-hybridized carbons (Fsp3) is 0.667. The van der Waals surface area contributed by atoms with Gasteiger partial charge in [0.1, 0.15) is 6.10 Å². The highest BCUT2D eigenvalue weighted by molar-refractivity contribution is 5.32. The average molecular weight is 293 g/mol. The van der Waals surface area contributed by atoms with Crippen LogP contribution in [0.4, 0.5) is 19.1 Å². The van der Waals surface area contributed by atoms with Gasteiger partial charge < -0.3 is 14.8 Å². The van der Waals surface area contributed by atoms with Crippen LogP contribution >= 0.6 is 0 Å².